The second-order valence-electron chi connectivity index (χ2n) is 8.22. The molecule has 2 aliphatic rings. The van der Waals surface area contributed by atoms with Crippen LogP contribution in [0.2, 0.25) is 0 Å². The SMILES string of the molecule is CC(=O)NC[C@H]1CN(c2cc(F)c(N3CCn4c(=O)c5cccnc5n4CC3)c(F)c2)C(=O)O1. The van der Waals surface area contributed by atoms with E-state index >= 15 is 8.78 Å². The molecule has 2 aliphatic heterocycles. The van der Waals surface area contributed by atoms with E-state index in [1.807, 2.05) is 0 Å². The van der Waals surface area contributed by atoms with Gasteiger partial charge in [-0.15, -0.1) is 0 Å². The van der Waals surface area contributed by atoms with Crippen molar-refractivity contribution in [2.24, 2.45) is 0 Å². The first-order valence-electron chi connectivity index (χ1n) is 10.8. The highest BCUT2D eigenvalue weighted by Crippen LogP contribution is 2.31. The Hall–Kier alpha value is -3.96. The van der Waals surface area contributed by atoms with Crippen LogP contribution >= 0.6 is 0 Å². The summed E-state index contributed by atoms with van der Waals surface area (Å²) in [6.45, 7) is 2.54. The number of pyridine rings is 1. The van der Waals surface area contributed by atoms with Gasteiger partial charge in [0.1, 0.15) is 11.8 Å². The lowest BCUT2D eigenvalue weighted by Crippen LogP contribution is -2.33. The lowest BCUT2D eigenvalue weighted by atomic mass is 10.2. The number of hydrogen-bond acceptors (Lipinski definition) is 6. The molecule has 0 radical (unpaired) electrons. The van der Waals surface area contributed by atoms with Crippen molar-refractivity contribution in [1.82, 2.24) is 19.7 Å². The molecule has 2 amide bonds. The first kappa shape index (κ1) is 21.9. The molecule has 5 rings (SSSR count). The summed E-state index contributed by atoms with van der Waals surface area (Å²) in [5.41, 5.74) is 0.151. The lowest BCUT2D eigenvalue weighted by molar-refractivity contribution is -0.119. The van der Waals surface area contributed by atoms with E-state index in [1.54, 1.807) is 27.9 Å². The number of nitrogens with zero attached hydrogens (tertiary/aromatic N) is 5. The fourth-order valence-corrected chi connectivity index (χ4v) is 4.45. The van der Waals surface area contributed by atoms with Crippen LogP contribution < -0.4 is 20.7 Å². The molecule has 0 aliphatic carbocycles. The highest BCUT2D eigenvalue weighted by molar-refractivity contribution is 5.90. The van der Waals surface area contributed by atoms with Gasteiger partial charge in [0, 0.05) is 38.3 Å². The molecule has 2 aromatic heterocycles. The molecule has 0 spiro atoms. The van der Waals surface area contributed by atoms with E-state index in [0.29, 0.717) is 17.6 Å². The van der Waals surface area contributed by atoms with Gasteiger partial charge >= 0.3 is 6.09 Å². The summed E-state index contributed by atoms with van der Waals surface area (Å²) in [5, 5.41) is 3.06. The largest absolute Gasteiger partial charge is 0.442 e. The molecule has 1 saturated heterocycles. The number of halogens is 2. The van der Waals surface area contributed by atoms with E-state index in [1.165, 1.54) is 11.6 Å². The van der Waals surface area contributed by atoms with Crippen LogP contribution in [0.4, 0.5) is 25.0 Å². The Labute approximate surface area is 192 Å². The summed E-state index contributed by atoms with van der Waals surface area (Å²) in [4.78, 5) is 43.0. The van der Waals surface area contributed by atoms with Crippen LogP contribution in [0.25, 0.3) is 11.0 Å². The molecule has 4 heterocycles. The maximum absolute atomic E-state index is 15.1. The van der Waals surface area contributed by atoms with Crippen LogP contribution in [0.15, 0.2) is 35.3 Å². The van der Waals surface area contributed by atoms with Gasteiger partial charge in [-0.1, -0.05) is 0 Å². The Kier molecular flexibility index (Phi) is 5.42. The highest BCUT2D eigenvalue weighted by atomic mass is 19.1. The third-order valence-electron chi connectivity index (χ3n) is 6.03. The van der Waals surface area contributed by atoms with Crippen molar-refractivity contribution >= 4 is 34.4 Å². The molecule has 1 fully saturated rings. The Morgan fingerprint density at radius 2 is 1.85 bits per heavy atom. The van der Waals surface area contributed by atoms with Crippen LogP contribution in [-0.2, 0) is 22.6 Å². The number of ether oxygens (including phenoxy) is 1. The smallest absolute Gasteiger partial charge is 0.414 e. The van der Waals surface area contributed by atoms with Crippen LogP contribution in [0.1, 0.15) is 6.92 Å². The number of carbonyl (C=O) groups excluding carboxylic acids is 2. The lowest BCUT2D eigenvalue weighted by Gasteiger charge is -2.24. The van der Waals surface area contributed by atoms with Gasteiger partial charge < -0.3 is 15.0 Å². The fraction of sp³-hybridized carbons (Fsp3) is 0.364. The molecule has 1 aromatic carbocycles. The second-order valence-corrected chi connectivity index (χ2v) is 8.22. The van der Waals surface area contributed by atoms with E-state index in [-0.39, 0.29) is 55.6 Å². The zero-order valence-electron chi connectivity index (χ0n) is 18.3. The van der Waals surface area contributed by atoms with E-state index < -0.39 is 23.8 Å². The number of anilines is 2. The molecule has 1 atom stereocenters. The molecular formula is C22H22F2N6O4. The summed E-state index contributed by atoms with van der Waals surface area (Å²) in [6.07, 6.45) is 0.236. The number of fused-ring (bicyclic) bond motifs is 3. The third kappa shape index (κ3) is 3.74. The van der Waals surface area contributed by atoms with Gasteiger partial charge in [-0.05, 0) is 12.1 Å². The zero-order chi connectivity index (χ0) is 24.0. The highest BCUT2D eigenvalue weighted by Gasteiger charge is 2.34. The Morgan fingerprint density at radius 3 is 2.56 bits per heavy atom. The maximum Gasteiger partial charge on any atom is 0.414 e. The molecule has 34 heavy (non-hydrogen) atoms. The van der Waals surface area contributed by atoms with Gasteiger partial charge in [0.15, 0.2) is 17.3 Å². The topological polar surface area (TPSA) is 102 Å². The molecule has 1 N–H and O–H groups in total. The minimum Gasteiger partial charge on any atom is -0.442 e. The number of hydrogen-bond donors (Lipinski definition) is 1. The standard InChI is InChI=1S/C22H22F2N6O4/c1-13(31)26-11-15-12-28(22(33)34-15)14-9-17(23)19(18(24)10-14)27-5-7-29-20-16(3-2-4-25-20)21(32)30(29)8-6-27/h2-4,9-10,15H,5-8,11-12H2,1H3,(H,26,31)/t15-/m0/s1. The van der Waals surface area contributed by atoms with Crippen molar-refractivity contribution in [3.63, 3.8) is 0 Å². The summed E-state index contributed by atoms with van der Waals surface area (Å²) in [6, 6.07) is 5.59. The van der Waals surface area contributed by atoms with E-state index in [9.17, 15) is 14.4 Å². The first-order valence-corrected chi connectivity index (χ1v) is 10.8. The Bertz CT molecular complexity index is 1330. The summed E-state index contributed by atoms with van der Waals surface area (Å²) >= 11 is 0. The average Bonchev–Trinajstić information content (AvgIpc) is 3.20. The summed E-state index contributed by atoms with van der Waals surface area (Å²) in [7, 11) is 0. The number of amides is 2. The zero-order valence-corrected chi connectivity index (χ0v) is 18.3. The maximum atomic E-state index is 15.1. The van der Waals surface area contributed by atoms with Crippen LogP contribution in [0.5, 0.6) is 0 Å². The predicted octanol–water partition coefficient (Wildman–Crippen LogP) is 1.46. The van der Waals surface area contributed by atoms with Crippen molar-refractivity contribution in [2.45, 2.75) is 26.1 Å². The fourth-order valence-electron chi connectivity index (χ4n) is 4.45. The number of aromatic nitrogens is 3. The predicted molar refractivity (Wildman–Crippen MR) is 119 cm³/mol. The second kappa shape index (κ2) is 8.43. The van der Waals surface area contributed by atoms with Crippen LogP contribution in [-0.4, -0.2) is 58.6 Å². The molecule has 0 bridgehead atoms. The normalized spacial score (nSPS) is 18.1. The minimum atomic E-state index is -0.824. The van der Waals surface area contributed by atoms with Crippen LogP contribution in [0, 0.1) is 11.6 Å². The van der Waals surface area contributed by atoms with E-state index in [0.717, 1.165) is 17.0 Å². The minimum absolute atomic E-state index is 0.0292. The molecule has 12 heteroatoms. The molecule has 178 valence electrons. The van der Waals surface area contributed by atoms with Gasteiger partial charge in [0.2, 0.25) is 5.91 Å². The van der Waals surface area contributed by atoms with Gasteiger partial charge in [-0.3, -0.25) is 19.2 Å². The van der Waals surface area contributed by atoms with Crippen molar-refractivity contribution < 1.29 is 23.1 Å². The quantitative estimate of drug-likeness (QED) is 0.617. The van der Waals surface area contributed by atoms with Crippen molar-refractivity contribution in [2.75, 3.05) is 36.0 Å². The van der Waals surface area contributed by atoms with Gasteiger partial charge in [-0.2, -0.15) is 0 Å². The van der Waals surface area contributed by atoms with Crippen molar-refractivity contribution in [3.8, 4) is 0 Å². The summed E-state index contributed by atoms with van der Waals surface area (Å²) < 4.78 is 38.7. The average molecular weight is 472 g/mol. The van der Waals surface area contributed by atoms with Gasteiger partial charge in [-0.25, -0.2) is 23.2 Å². The molecule has 10 nitrogen and oxygen atoms in total. The van der Waals surface area contributed by atoms with E-state index in [2.05, 4.69) is 10.3 Å². The molecule has 3 aromatic rings. The number of carbonyl (C=O) groups is 2. The molecule has 0 unspecified atom stereocenters. The Balaban J connectivity index is 1.37. The summed E-state index contributed by atoms with van der Waals surface area (Å²) in [5.74, 6) is -1.92. The molecule has 0 saturated carbocycles. The third-order valence-corrected chi connectivity index (χ3v) is 6.03. The number of cyclic esters (lactones) is 1. The van der Waals surface area contributed by atoms with E-state index in [4.69, 9.17) is 4.74 Å². The van der Waals surface area contributed by atoms with Crippen LogP contribution in [0.3, 0.4) is 0 Å². The number of benzene rings is 1. The Morgan fingerprint density at radius 1 is 1.15 bits per heavy atom. The first-order chi connectivity index (χ1) is 16.3. The monoisotopic (exact) mass is 472 g/mol. The van der Waals surface area contributed by atoms with Crippen molar-refractivity contribution in [1.29, 1.82) is 0 Å². The van der Waals surface area contributed by atoms with Crippen molar-refractivity contribution in [3.05, 3.63) is 52.5 Å². The van der Waals surface area contributed by atoms with Gasteiger partial charge in [0.25, 0.3) is 5.56 Å². The number of rotatable bonds is 4. The molecular weight excluding hydrogens is 450 g/mol. The van der Waals surface area contributed by atoms with Gasteiger partial charge in [0.05, 0.1) is 37.3 Å². The number of nitrogens with one attached hydrogen (secondary N) is 1.